The van der Waals surface area contributed by atoms with Gasteiger partial charge >= 0.3 is 5.97 Å². The Balaban J connectivity index is 3.03. The number of halogens is 1. The minimum Gasteiger partial charge on any atom is -0.508 e. The highest BCUT2D eigenvalue weighted by atomic mass is 19.1. The first kappa shape index (κ1) is 12.0. The summed E-state index contributed by atoms with van der Waals surface area (Å²) in [5.74, 6) is -1.90. The molecule has 0 spiro atoms. The Bertz CT molecular complexity index is 463. The van der Waals surface area contributed by atoms with Gasteiger partial charge in [-0.3, -0.25) is 0 Å². The number of hydrogen-bond acceptors (Lipinski definition) is 2. The van der Waals surface area contributed by atoms with Crippen molar-refractivity contribution in [2.45, 2.75) is 6.42 Å². The number of benzene rings is 1. The quantitative estimate of drug-likeness (QED) is 0.608. The number of aliphatic hydroxyl groups excluding tert-OH is 1. The number of carboxylic acids is 1. The van der Waals surface area contributed by atoms with Gasteiger partial charge in [-0.25, -0.2) is 9.18 Å². The van der Waals surface area contributed by atoms with Crippen molar-refractivity contribution in [3.63, 3.8) is 0 Å². The molecule has 0 bridgehead atoms. The van der Waals surface area contributed by atoms with Crippen molar-refractivity contribution in [3.05, 3.63) is 59.6 Å². The minimum absolute atomic E-state index is 0.00671. The Morgan fingerprint density at radius 3 is 2.44 bits per heavy atom. The number of hydrogen-bond donors (Lipinski definition) is 2. The van der Waals surface area contributed by atoms with Crippen LogP contribution >= 0.6 is 0 Å². The van der Waals surface area contributed by atoms with E-state index in [-0.39, 0.29) is 28.9 Å². The Morgan fingerprint density at radius 2 is 1.94 bits per heavy atom. The van der Waals surface area contributed by atoms with Crippen LogP contribution in [-0.4, -0.2) is 16.2 Å². The van der Waals surface area contributed by atoms with Gasteiger partial charge in [-0.05, 0) is 29.3 Å². The second-order valence-electron chi connectivity index (χ2n) is 3.34. The number of rotatable bonds is 4. The molecule has 0 saturated carbocycles. The fourth-order valence-corrected chi connectivity index (χ4v) is 1.18. The molecule has 0 unspecified atom stereocenters. The lowest BCUT2D eigenvalue weighted by molar-refractivity contribution is 0.0696. The summed E-state index contributed by atoms with van der Waals surface area (Å²) in [5, 5.41) is 17.8. The van der Waals surface area contributed by atoms with Gasteiger partial charge in [0.25, 0.3) is 0 Å². The van der Waals surface area contributed by atoms with Crippen molar-refractivity contribution in [1.82, 2.24) is 0 Å². The van der Waals surface area contributed by atoms with Gasteiger partial charge in [-0.15, -0.1) is 0 Å². The lowest BCUT2D eigenvalue weighted by Crippen LogP contribution is -2.01. The average molecular weight is 222 g/mol. The predicted octanol–water partition coefficient (Wildman–Crippen LogP) is 2.69. The van der Waals surface area contributed by atoms with E-state index < -0.39 is 11.8 Å². The first-order chi connectivity index (χ1) is 7.41. The summed E-state index contributed by atoms with van der Waals surface area (Å²) in [7, 11) is 0. The van der Waals surface area contributed by atoms with Crippen molar-refractivity contribution in [2.75, 3.05) is 0 Å². The summed E-state index contributed by atoms with van der Waals surface area (Å²) in [6.45, 7) is 6.76. The van der Waals surface area contributed by atoms with E-state index in [4.69, 9.17) is 10.2 Å². The van der Waals surface area contributed by atoms with Crippen molar-refractivity contribution >= 4 is 5.97 Å². The van der Waals surface area contributed by atoms with Crippen LogP contribution in [0.25, 0.3) is 0 Å². The second kappa shape index (κ2) is 4.61. The lowest BCUT2D eigenvalue weighted by Gasteiger charge is -2.06. The summed E-state index contributed by atoms with van der Waals surface area (Å²) in [6, 6.07) is 3.47. The number of aliphatic hydroxyl groups is 1. The molecule has 0 heterocycles. The topological polar surface area (TPSA) is 57.5 Å². The first-order valence-electron chi connectivity index (χ1n) is 4.49. The number of allylic oxidation sites excluding steroid dienone is 1. The van der Waals surface area contributed by atoms with Crippen molar-refractivity contribution < 1.29 is 19.4 Å². The van der Waals surface area contributed by atoms with Gasteiger partial charge in [0.05, 0.1) is 5.56 Å². The average Bonchev–Trinajstić information content (AvgIpc) is 2.20. The largest absolute Gasteiger partial charge is 0.508 e. The normalized spacial score (nSPS) is 9.81. The maximum absolute atomic E-state index is 13.3. The fraction of sp³-hybridized carbons (Fsp3) is 0.0833. The number of carboxylic acid groups (broad SMARTS) is 1. The summed E-state index contributed by atoms with van der Waals surface area (Å²) >= 11 is 0. The smallest absolute Gasteiger partial charge is 0.335 e. The molecular formula is C12H11FO3. The van der Waals surface area contributed by atoms with Crippen molar-refractivity contribution in [1.29, 1.82) is 0 Å². The predicted molar refractivity (Wildman–Crippen MR) is 58.0 cm³/mol. The molecule has 0 aromatic heterocycles. The molecule has 1 rings (SSSR count). The van der Waals surface area contributed by atoms with Crippen LogP contribution in [0, 0.1) is 5.82 Å². The van der Waals surface area contributed by atoms with Gasteiger partial charge in [0.15, 0.2) is 0 Å². The van der Waals surface area contributed by atoms with E-state index in [1.54, 1.807) is 0 Å². The molecule has 0 radical (unpaired) electrons. The zero-order valence-electron chi connectivity index (χ0n) is 8.53. The molecule has 4 heteroatoms. The Morgan fingerprint density at radius 1 is 1.31 bits per heavy atom. The fourth-order valence-electron chi connectivity index (χ4n) is 1.18. The zero-order chi connectivity index (χ0) is 12.3. The molecule has 0 fully saturated rings. The third-order valence-electron chi connectivity index (χ3n) is 2.10. The van der Waals surface area contributed by atoms with E-state index in [1.165, 1.54) is 12.1 Å². The van der Waals surface area contributed by atoms with Gasteiger partial charge in [0.2, 0.25) is 0 Å². The molecule has 0 atom stereocenters. The highest BCUT2D eigenvalue weighted by Crippen LogP contribution is 2.16. The van der Waals surface area contributed by atoms with Crippen LogP contribution in [0.4, 0.5) is 4.39 Å². The standard InChI is InChI=1S/C12H11FO3/c1-7(8(2)14)5-10-6-9(12(15)16)3-4-11(10)13/h3-4,6,14H,1-2,5H2,(H,15,16). The van der Waals surface area contributed by atoms with Gasteiger partial charge in [0.1, 0.15) is 11.6 Å². The number of aromatic carboxylic acids is 1. The van der Waals surface area contributed by atoms with Crippen LogP contribution in [0.5, 0.6) is 0 Å². The summed E-state index contributed by atoms with van der Waals surface area (Å²) in [4.78, 5) is 10.7. The second-order valence-corrected chi connectivity index (χ2v) is 3.34. The summed E-state index contributed by atoms with van der Waals surface area (Å²) < 4.78 is 13.3. The third kappa shape index (κ3) is 2.70. The molecule has 16 heavy (non-hydrogen) atoms. The highest BCUT2D eigenvalue weighted by molar-refractivity contribution is 5.87. The molecule has 84 valence electrons. The molecule has 3 nitrogen and oxygen atoms in total. The van der Waals surface area contributed by atoms with Crippen LogP contribution in [0.15, 0.2) is 42.7 Å². The van der Waals surface area contributed by atoms with Crippen molar-refractivity contribution in [3.8, 4) is 0 Å². The van der Waals surface area contributed by atoms with Crippen LogP contribution in [0.3, 0.4) is 0 Å². The third-order valence-corrected chi connectivity index (χ3v) is 2.10. The van der Waals surface area contributed by atoms with Gasteiger partial charge < -0.3 is 10.2 Å². The maximum atomic E-state index is 13.3. The van der Waals surface area contributed by atoms with Crippen LogP contribution in [0.2, 0.25) is 0 Å². The van der Waals surface area contributed by atoms with E-state index in [2.05, 4.69) is 13.2 Å². The van der Waals surface area contributed by atoms with E-state index in [0.29, 0.717) is 0 Å². The first-order valence-corrected chi connectivity index (χ1v) is 4.49. The SMILES string of the molecule is C=C(O)C(=C)Cc1cc(C(=O)O)ccc1F. The van der Waals surface area contributed by atoms with Crippen LogP contribution in [-0.2, 0) is 6.42 Å². The van der Waals surface area contributed by atoms with Gasteiger partial charge in [-0.2, -0.15) is 0 Å². The lowest BCUT2D eigenvalue weighted by atomic mass is 10.0. The van der Waals surface area contributed by atoms with Crippen LogP contribution < -0.4 is 0 Å². The van der Waals surface area contributed by atoms with E-state index in [9.17, 15) is 9.18 Å². The molecule has 0 aliphatic rings. The molecule has 1 aromatic rings. The maximum Gasteiger partial charge on any atom is 0.335 e. The minimum atomic E-state index is -1.13. The van der Waals surface area contributed by atoms with E-state index in [0.717, 1.165) is 6.07 Å². The monoisotopic (exact) mass is 222 g/mol. The molecule has 2 N–H and O–H groups in total. The Kier molecular flexibility index (Phi) is 3.45. The highest BCUT2D eigenvalue weighted by Gasteiger charge is 2.10. The summed E-state index contributed by atoms with van der Waals surface area (Å²) in [5.41, 5.74) is 0.411. The Hall–Kier alpha value is -2.10. The van der Waals surface area contributed by atoms with Crippen molar-refractivity contribution in [2.24, 2.45) is 0 Å². The van der Waals surface area contributed by atoms with E-state index >= 15 is 0 Å². The molecule has 1 aromatic carbocycles. The number of carbonyl (C=O) groups is 1. The van der Waals surface area contributed by atoms with E-state index in [1.807, 2.05) is 0 Å². The molecule has 0 aliphatic carbocycles. The Labute approximate surface area is 92.2 Å². The zero-order valence-corrected chi connectivity index (χ0v) is 8.53. The van der Waals surface area contributed by atoms with Crippen LogP contribution in [0.1, 0.15) is 15.9 Å². The van der Waals surface area contributed by atoms with Gasteiger partial charge in [0, 0.05) is 6.42 Å². The van der Waals surface area contributed by atoms with Gasteiger partial charge in [-0.1, -0.05) is 13.2 Å². The molecule has 0 saturated heterocycles. The molecule has 0 amide bonds. The summed E-state index contributed by atoms with van der Waals surface area (Å²) in [6.07, 6.45) is 0.0300. The molecular weight excluding hydrogens is 211 g/mol. The molecule has 0 aliphatic heterocycles.